The number of nitrogens with zero attached hydrogens (tertiary/aromatic N) is 2. The molecule has 0 unspecified atom stereocenters. The molecule has 1 saturated heterocycles. The molecule has 1 amide bonds. The maximum Gasteiger partial charge on any atom is 0.239 e. The number of halogens is 2. The Morgan fingerprint density at radius 2 is 2.11 bits per heavy atom. The third-order valence-electron chi connectivity index (χ3n) is 2.78. The van der Waals surface area contributed by atoms with Crippen molar-refractivity contribution >= 4 is 11.6 Å². The Morgan fingerprint density at radius 1 is 1.33 bits per heavy atom. The van der Waals surface area contributed by atoms with Gasteiger partial charge in [0, 0.05) is 13.1 Å². The second kappa shape index (κ2) is 5.00. The first-order chi connectivity index (χ1) is 8.63. The van der Waals surface area contributed by atoms with Crippen LogP contribution < -0.4 is 10.2 Å². The van der Waals surface area contributed by atoms with Crippen molar-refractivity contribution in [3.63, 3.8) is 0 Å². The first-order valence-corrected chi connectivity index (χ1v) is 5.53. The van der Waals surface area contributed by atoms with Gasteiger partial charge in [-0.2, -0.15) is 5.26 Å². The van der Waals surface area contributed by atoms with Crippen molar-refractivity contribution in [2.75, 3.05) is 24.5 Å². The molecule has 6 heteroatoms. The van der Waals surface area contributed by atoms with Crippen molar-refractivity contribution in [1.29, 1.82) is 5.26 Å². The molecule has 1 N–H and O–H groups in total. The number of carbonyl (C=O) groups excluding carboxylic acids is 1. The molecule has 1 aromatic rings. The van der Waals surface area contributed by atoms with Gasteiger partial charge < -0.3 is 10.2 Å². The molecule has 0 atom stereocenters. The number of anilines is 1. The minimum atomic E-state index is -1.17. The van der Waals surface area contributed by atoms with E-state index in [1.54, 1.807) is 6.07 Å². The van der Waals surface area contributed by atoms with Gasteiger partial charge in [-0.05, 0) is 18.6 Å². The van der Waals surface area contributed by atoms with E-state index in [1.807, 2.05) is 0 Å². The molecule has 0 spiro atoms. The molecule has 1 aromatic carbocycles. The largest absolute Gasteiger partial charge is 0.360 e. The number of nitrogens with one attached hydrogen (secondary N) is 1. The molecule has 1 heterocycles. The van der Waals surface area contributed by atoms with E-state index in [9.17, 15) is 13.6 Å². The van der Waals surface area contributed by atoms with Crippen LogP contribution in [-0.4, -0.2) is 25.5 Å². The third-order valence-corrected chi connectivity index (χ3v) is 2.78. The van der Waals surface area contributed by atoms with E-state index in [2.05, 4.69) is 5.32 Å². The van der Waals surface area contributed by atoms with Gasteiger partial charge in [-0.1, -0.05) is 0 Å². The van der Waals surface area contributed by atoms with E-state index in [-0.39, 0.29) is 23.7 Å². The van der Waals surface area contributed by atoms with Crippen LogP contribution in [0.5, 0.6) is 0 Å². The number of hydrogen-bond donors (Lipinski definition) is 1. The summed E-state index contributed by atoms with van der Waals surface area (Å²) in [5, 5.41) is 11.2. The minimum absolute atomic E-state index is 0.0116. The summed E-state index contributed by atoms with van der Waals surface area (Å²) in [6.45, 7) is 0.971. The Morgan fingerprint density at radius 3 is 2.83 bits per heavy atom. The lowest BCUT2D eigenvalue weighted by molar-refractivity contribution is -0.119. The number of hydrogen-bond acceptors (Lipinski definition) is 3. The van der Waals surface area contributed by atoms with Gasteiger partial charge in [-0.15, -0.1) is 0 Å². The smallest absolute Gasteiger partial charge is 0.239 e. The number of carbonyl (C=O) groups is 1. The van der Waals surface area contributed by atoms with Crippen LogP contribution in [0.25, 0.3) is 0 Å². The zero-order valence-electron chi connectivity index (χ0n) is 9.54. The van der Waals surface area contributed by atoms with Gasteiger partial charge in [-0.3, -0.25) is 4.79 Å². The fraction of sp³-hybridized carbons (Fsp3) is 0.333. The molecular weight excluding hydrogens is 240 g/mol. The maximum absolute atomic E-state index is 13.8. The Kier molecular flexibility index (Phi) is 3.42. The van der Waals surface area contributed by atoms with Crippen LogP contribution in [-0.2, 0) is 4.79 Å². The van der Waals surface area contributed by atoms with Crippen LogP contribution in [0.4, 0.5) is 14.5 Å². The quantitative estimate of drug-likeness (QED) is 0.815. The summed E-state index contributed by atoms with van der Waals surface area (Å²) in [6, 6.07) is 4.12. The SMILES string of the molecule is N#Cc1ccc(N2CCCNC(=O)C2)c(F)c1F. The maximum atomic E-state index is 13.8. The van der Waals surface area contributed by atoms with Gasteiger partial charge in [0.15, 0.2) is 11.6 Å². The highest BCUT2D eigenvalue weighted by atomic mass is 19.2. The fourth-order valence-electron chi connectivity index (χ4n) is 1.88. The summed E-state index contributed by atoms with van der Waals surface area (Å²) in [4.78, 5) is 12.8. The highest BCUT2D eigenvalue weighted by molar-refractivity contribution is 5.81. The Hall–Kier alpha value is -2.16. The van der Waals surface area contributed by atoms with Crippen molar-refractivity contribution in [2.24, 2.45) is 0 Å². The highest BCUT2D eigenvalue weighted by Crippen LogP contribution is 2.24. The van der Waals surface area contributed by atoms with E-state index in [0.29, 0.717) is 19.5 Å². The average molecular weight is 251 g/mol. The molecule has 4 nitrogen and oxygen atoms in total. The van der Waals surface area contributed by atoms with E-state index >= 15 is 0 Å². The van der Waals surface area contributed by atoms with Gasteiger partial charge in [0.2, 0.25) is 5.91 Å². The Balaban J connectivity index is 2.36. The summed E-state index contributed by atoms with van der Waals surface area (Å²) in [5.74, 6) is -2.47. The number of benzene rings is 1. The van der Waals surface area contributed by atoms with Gasteiger partial charge in [0.05, 0.1) is 17.8 Å². The zero-order valence-corrected chi connectivity index (χ0v) is 9.54. The second-order valence-electron chi connectivity index (χ2n) is 4.00. The lowest BCUT2D eigenvalue weighted by Gasteiger charge is -2.22. The van der Waals surface area contributed by atoms with Crippen molar-refractivity contribution in [3.05, 3.63) is 29.3 Å². The second-order valence-corrected chi connectivity index (χ2v) is 4.00. The third kappa shape index (κ3) is 2.25. The summed E-state index contributed by atoms with van der Waals surface area (Å²) < 4.78 is 27.3. The Labute approximate surface area is 103 Å². The van der Waals surface area contributed by atoms with Crippen molar-refractivity contribution < 1.29 is 13.6 Å². The van der Waals surface area contributed by atoms with Crippen LogP contribution in [0.2, 0.25) is 0 Å². The molecule has 1 fully saturated rings. The number of amides is 1. The molecule has 1 aliphatic rings. The van der Waals surface area contributed by atoms with Gasteiger partial charge in [0.1, 0.15) is 6.07 Å². The molecule has 18 heavy (non-hydrogen) atoms. The number of rotatable bonds is 1. The summed E-state index contributed by atoms with van der Waals surface area (Å²) >= 11 is 0. The lowest BCUT2D eigenvalue weighted by Crippen LogP contribution is -2.33. The first kappa shape index (κ1) is 12.3. The minimum Gasteiger partial charge on any atom is -0.360 e. The van der Waals surface area contributed by atoms with Crippen LogP contribution in [0, 0.1) is 23.0 Å². The van der Waals surface area contributed by atoms with Gasteiger partial charge in [0.25, 0.3) is 0 Å². The van der Waals surface area contributed by atoms with Crippen LogP contribution >= 0.6 is 0 Å². The van der Waals surface area contributed by atoms with Crippen LogP contribution in [0.1, 0.15) is 12.0 Å². The summed E-state index contributed by atoms with van der Waals surface area (Å²) in [7, 11) is 0. The molecule has 1 aliphatic heterocycles. The molecule has 0 bridgehead atoms. The normalized spacial score (nSPS) is 15.8. The van der Waals surface area contributed by atoms with E-state index < -0.39 is 11.6 Å². The molecule has 0 radical (unpaired) electrons. The summed E-state index contributed by atoms with van der Waals surface area (Å²) in [6.07, 6.45) is 0.660. The predicted octanol–water partition coefficient (Wildman–Crippen LogP) is 1.16. The van der Waals surface area contributed by atoms with Crippen LogP contribution in [0.15, 0.2) is 12.1 Å². The molecule has 0 aliphatic carbocycles. The first-order valence-electron chi connectivity index (χ1n) is 5.53. The molecule has 0 aromatic heterocycles. The highest BCUT2D eigenvalue weighted by Gasteiger charge is 2.21. The lowest BCUT2D eigenvalue weighted by atomic mass is 10.1. The zero-order chi connectivity index (χ0) is 13.1. The molecule has 94 valence electrons. The number of nitriles is 1. The van der Waals surface area contributed by atoms with Crippen molar-refractivity contribution in [3.8, 4) is 6.07 Å². The summed E-state index contributed by atoms with van der Waals surface area (Å²) in [5.41, 5.74) is -0.320. The van der Waals surface area contributed by atoms with Gasteiger partial charge in [-0.25, -0.2) is 8.78 Å². The van der Waals surface area contributed by atoms with Gasteiger partial charge >= 0.3 is 0 Å². The van der Waals surface area contributed by atoms with E-state index in [1.165, 1.54) is 17.0 Å². The van der Waals surface area contributed by atoms with E-state index in [0.717, 1.165) is 0 Å². The monoisotopic (exact) mass is 251 g/mol. The van der Waals surface area contributed by atoms with E-state index in [4.69, 9.17) is 5.26 Å². The molecule has 2 rings (SSSR count). The fourth-order valence-corrected chi connectivity index (χ4v) is 1.88. The topological polar surface area (TPSA) is 56.1 Å². The molecule has 0 saturated carbocycles. The molecular formula is C12H11F2N3O. The van der Waals surface area contributed by atoms with Crippen molar-refractivity contribution in [2.45, 2.75) is 6.42 Å². The Bertz CT molecular complexity index is 525. The standard InChI is InChI=1S/C12H11F2N3O/c13-11-8(6-15)2-3-9(12(11)14)17-5-1-4-16-10(18)7-17/h2-3H,1,4-5,7H2,(H,16,18). The van der Waals surface area contributed by atoms with Crippen LogP contribution in [0.3, 0.4) is 0 Å². The predicted molar refractivity (Wildman–Crippen MR) is 60.9 cm³/mol. The van der Waals surface area contributed by atoms with Crippen molar-refractivity contribution in [1.82, 2.24) is 5.32 Å². The average Bonchev–Trinajstić information content (AvgIpc) is 2.57.